The predicted molar refractivity (Wildman–Crippen MR) is 65.9 cm³/mol. The number of anilines is 1. The van der Waals surface area contributed by atoms with Crippen LogP contribution in [0.15, 0.2) is 4.42 Å². The second-order valence-electron chi connectivity index (χ2n) is 4.26. The third-order valence-corrected chi connectivity index (χ3v) is 2.45. The van der Waals surface area contributed by atoms with E-state index in [2.05, 4.69) is 29.4 Å². The maximum atomic E-state index is 5.57. The monoisotopic (exact) mass is 245 g/mol. The molecule has 1 heterocycles. The minimum Gasteiger partial charge on any atom is -0.408 e. The molecule has 1 rings (SSSR count). The highest BCUT2D eigenvalue weighted by Crippen LogP contribution is 2.09. The highest BCUT2D eigenvalue weighted by Gasteiger charge is 2.04. The van der Waals surface area contributed by atoms with E-state index in [1.165, 1.54) is 12.8 Å². The Morgan fingerprint density at radius 1 is 1.31 bits per heavy atom. The van der Waals surface area contributed by atoms with Gasteiger partial charge in [0.25, 0.3) is 0 Å². The summed E-state index contributed by atoms with van der Waals surface area (Å²) >= 11 is 5.57. The van der Waals surface area contributed by atoms with Crippen molar-refractivity contribution in [1.29, 1.82) is 0 Å². The Balaban J connectivity index is 2.12. The van der Waals surface area contributed by atoms with Crippen molar-refractivity contribution in [3.8, 4) is 0 Å². The number of hydrogen-bond donors (Lipinski definition) is 1. The lowest BCUT2D eigenvalue weighted by Gasteiger charge is -2.04. The van der Waals surface area contributed by atoms with Crippen molar-refractivity contribution in [3.63, 3.8) is 0 Å². The molecular weight excluding hydrogens is 226 g/mol. The topological polar surface area (TPSA) is 51.0 Å². The van der Waals surface area contributed by atoms with Crippen LogP contribution >= 0.6 is 11.6 Å². The van der Waals surface area contributed by atoms with Gasteiger partial charge in [0.05, 0.1) is 0 Å². The Morgan fingerprint density at radius 3 is 2.81 bits per heavy atom. The quantitative estimate of drug-likeness (QED) is 0.565. The maximum absolute atomic E-state index is 5.57. The lowest BCUT2D eigenvalue weighted by Crippen LogP contribution is -2.02. The minimum absolute atomic E-state index is 0.504. The summed E-state index contributed by atoms with van der Waals surface area (Å²) in [6, 6.07) is 0.504. The van der Waals surface area contributed by atoms with Gasteiger partial charge in [0.2, 0.25) is 5.89 Å². The summed E-state index contributed by atoms with van der Waals surface area (Å²) in [7, 11) is 0. The van der Waals surface area contributed by atoms with Crippen LogP contribution in [0.4, 0.5) is 6.01 Å². The van der Waals surface area contributed by atoms with Gasteiger partial charge in [-0.2, -0.15) is 0 Å². The van der Waals surface area contributed by atoms with E-state index >= 15 is 0 Å². The van der Waals surface area contributed by atoms with E-state index in [-0.39, 0.29) is 0 Å². The first-order valence-electron chi connectivity index (χ1n) is 5.84. The maximum Gasteiger partial charge on any atom is 0.315 e. The van der Waals surface area contributed by atoms with Crippen LogP contribution < -0.4 is 5.32 Å². The number of alkyl halides is 1. The van der Waals surface area contributed by atoms with Gasteiger partial charge in [-0.25, -0.2) is 0 Å². The average Bonchev–Trinajstić information content (AvgIpc) is 2.65. The minimum atomic E-state index is 0.504. The molecule has 0 saturated carbocycles. The van der Waals surface area contributed by atoms with Gasteiger partial charge in [-0.15, -0.1) is 16.7 Å². The molecule has 0 fully saturated rings. The van der Waals surface area contributed by atoms with Gasteiger partial charge < -0.3 is 9.73 Å². The fraction of sp³-hybridized carbons (Fsp3) is 0.818. The third kappa shape index (κ3) is 5.35. The molecule has 0 atom stereocenters. The van der Waals surface area contributed by atoms with E-state index in [9.17, 15) is 0 Å². The second-order valence-corrected chi connectivity index (χ2v) is 4.63. The molecule has 0 saturated heterocycles. The van der Waals surface area contributed by atoms with Crippen LogP contribution in [0.5, 0.6) is 0 Å². The molecule has 4 nitrogen and oxygen atoms in total. The van der Waals surface area contributed by atoms with E-state index in [1.54, 1.807) is 0 Å². The summed E-state index contributed by atoms with van der Waals surface area (Å²) in [6.07, 6.45) is 4.26. The van der Waals surface area contributed by atoms with Crippen molar-refractivity contribution in [1.82, 2.24) is 10.2 Å². The van der Waals surface area contributed by atoms with Crippen molar-refractivity contribution in [2.45, 2.75) is 39.5 Å². The molecule has 16 heavy (non-hydrogen) atoms. The van der Waals surface area contributed by atoms with Gasteiger partial charge in [-0.05, 0) is 12.3 Å². The Morgan fingerprint density at radius 2 is 2.12 bits per heavy atom. The fourth-order valence-corrected chi connectivity index (χ4v) is 1.54. The van der Waals surface area contributed by atoms with Crippen molar-refractivity contribution in [3.05, 3.63) is 5.89 Å². The lowest BCUT2D eigenvalue weighted by atomic mass is 10.1. The van der Waals surface area contributed by atoms with Crippen LogP contribution in [0.2, 0.25) is 0 Å². The van der Waals surface area contributed by atoms with E-state index < -0.39 is 0 Å². The molecule has 92 valence electrons. The predicted octanol–water partition coefficient (Wildman–Crippen LogP) is 3.09. The van der Waals surface area contributed by atoms with Crippen LogP contribution in [0.3, 0.4) is 0 Å². The van der Waals surface area contributed by atoms with Crippen LogP contribution in [-0.4, -0.2) is 22.6 Å². The van der Waals surface area contributed by atoms with Crippen molar-refractivity contribution < 1.29 is 4.42 Å². The first kappa shape index (κ1) is 13.3. The van der Waals surface area contributed by atoms with Gasteiger partial charge in [-0.3, -0.25) is 0 Å². The average molecular weight is 246 g/mol. The molecule has 0 amide bonds. The molecule has 0 unspecified atom stereocenters. The number of aromatic nitrogens is 2. The number of rotatable bonds is 8. The third-order valence-electron chi connectivity index (χ3n) is 2.26. The molecule has 1 N–H and O–H groups in total. The van der Waals surface area contributed by atoms with Gasteiger partial charge in [0, 0.05) is 18.8 Å². The van der Waals surface area contributed by atoms with Crippen molar-refractivity contribution in [2.24, 2.45) is 5.92 Å². The molecule has 0 aliphatic rings. The summed E-state index contributed by atoms with van der Waals surface area (Å²) in [5.41, 5.74) is 0. The molecule has 1 aromatic heterocycles. The number of nitrogens with zero attached hydrogens (tertiary/aromatic N) is 2. The summed E-state index contributed by atoms with van der Waals surface area (Å²) in [5, 5.41) is 10.9. The Hall–Kier alpha value is -0.770. The molecule has 0 aromatic carbocycles. The van der Waals surface area contributed by atoms with Gasteiger partial charge in [-0.1, -0.05) is 31.8 Å². The SMILES string of the molecule is CC(C)CCCCNc1nnc(CCCl)o1. The largest absolute Gasteiger partial charge is 0.408 e. The smallest absolute Gasteiger partial charge is 0.315 e. The summed E-state index contributed by atoms with van der Waals surface area (Å²) < 4.78 is 5.33. The van der Waals surface area contributed by atoms with E-state index in [0.717, 1.165) is 18.9 Å². The Labute approximate surface area is 102 Å². The van der Waals surface area contributed by atoms with Gasteiger partial charge in [0.15, 0.2) is 0 Å². The number of hydrogen-bond acceptors (Lipinski definition) is 4. The van der Waals surface area contributed by atoms with Crippen LogP contribution in [-0.2, 0) is 6.42 Å². The number of unbranched alkanes of at least 4 members (excludes halogenated alkanes) is 1. The fourth-order valence-electron chi connectivity index (χ4n) is 1.38. The zero-order valence-corrected chi connectivity index (χ0v) is 10.8. The standard InChI is InChI=1S/C11H20ClN3O/c1-9(2)5-3-4-8-13-11-15-14-10(16-11)6-7-12/h9H,3-8H2,1-2H3,(H,13,15). The zero-order chi connectivity index (χ0) is 11.8. The highest BCUT2D eigenvalue weighted by molar-refractivity contribution is 6.17. The first-order valence-corrected chi connectivity index (χ1v) is 6.38. The highest BCUT2D eigenvalue weighted by atomic mass is 35.5. The van der Waals surface area contributed by atoms with E-state index in [4.69, 9.17) is 16.0 Å². The molecule has 0 aliphatic carbocycles. The Kier molecular flexibility index (Phi) is 6.23. The Bertz CT molecular complexity index is 289. The van der Waals surface area contributed by atoms with Crippen LogP contribution in [0.1, 0.15) is 39.0 Å². The molecular formula is C11H20ClN3O. The molecule has 0 spiro atoms. The van der Waals surface area contributed by atoms with E-state index in [0.29, 0.717) is 24.2 Å². The van der Waals surface area contributed by atoms with Gasteiger partial charge >= 0.3 is 6.01 Å². The zero-order valence-electron chi connectivity index (χ0n) is 10.0. The summed E-state index contributed by atoms with van der Waals surface area (Å²) in [6.45, 7) is 5.36. The number of halogens is 1. The lowest BCUT2D eigenvalue weighted by molar-refractivity contribution is 0.507. The van der Waals surface area contributed by atoms with Crippen molar-refractivity contribution in [2.75, 3.05) is 17.7 Å². The molecule has 1 aromatic rings. The summed E-state index contributed by atoms with van der Waals surface area (Å²) in [5.74, 6) is 1.88. The number of nitrogens with one attached hydrogen (secondary N) is 1. The molecule has 0 aliphatic heterocycles. The van der Waals surface area contributed by atoms with Gasteiger partial charge in [0.1, 0.15) is 0 Å². The summed E-state index contributed by atoms with van der Waals surface area (Å²) in [4.78, 5) is 0. The first-order chi connectivity index (χ1) is 7.72. The van der Waals surface area contributed by atoms with Crippen LogP contribution in [0.25, 0.3) is 0 Å². The normalized spacial score (nSPS) is 11.0. The number of aryl methyl sites for hydroxylation is 1. The second kappa shape index (κ2) is 7.49. The molecule has 0 radical (unpaired) electrons. The van der Waals surface area contributed by atoms with Crippen molar-refractivity contribution >= 4 is 17.6 Å². The van der Waals surface area contributed by atoms with E-state index in [1.807, 2.05) is 0 Å². The molecule has 5 heteroatoms. The molecule has 0 bridgehead atoms. The van der Waals surface area contributed by atoms with Crippen LogP contribution in [0, 0.1) is 5.92 Å².